The Bertz CT molecular complexity index is 2340. The van der Waals surface area contributed by atoms with Crippen LogP contribution in [0.4, 0.5) is 0 Å². The number of nitriles is 1. The van der Waals surface area contributed by atoms with Gasteiger partial charge in [0.1, 0.15) is 64.5 Å². The Morgan fingerprint density at radius 2 is 1.73 bits per heavy atom. The third-order valence-electron chi connectivity index (χ3n) is 14.1. The van der Waals surface area contributed by atoms with E-state index >= 15 is 4.79 Å². The second-order valence-electron chi connectivity index (χ2n) is 19.2. The zero-order chi connectivity index (χ0) is 45.7. The molecule has 5 aliphatic heterocycles. The van der Waals surface area contributed by atoms with Gasteiger partial charge in [0, 0.05) is 40.9 Å². The number of nitrogens with one attached hydrogen (secondary N) is 1. The summed E-state index contributed by atoms with van der Waals surface area (Å²) in [5.74, 6) is -3.95. The topological polar surface area (TPSA) is 227 Å². The molecule has 7 unspecified atom stereocenters. The van der Waals surface area contributed by atoms with Crippen molar-refractivity contribution in [3.63, 3.8) is 0 Å². The molecule has 63 heavy (non-hydrogen) atoms. The van der Waals surface area contributed by atoms with Crippen LogP contribution >= 0.6 is 0 Å². The van der Waals surface area contributed by atoms with E-state index in [-0.39, 0.29) is 59.3 Å². The first kappa shape index (κ1) is 44.8. The van der Waals surface area contributed by atoms with Crippen LogP contribution in [0.15, 0.2) is 46.6 Å². The van der Waals surface area contributed by atoms with Crippen LogP contribution in [0.2, 0.25) is 0 Å². The molecule has 8 aliphatic rings. The average Bonchev–Trinajstić information content (AvgIpc) is 3.37. The fourth-order valence-electron chi connectivity index (χ4n) is 11.1. The molecule has 4 bridgehead atoms. The Kier molecular flexibility index (Phi) is 11.2. The van der Waals surface area contributed by atoms with Crippen LogP contribution in [0.1, 0.15) is 97.8 Å². The number of carbonyl (C=O) groups is 2. The van der Waals surface area contributed by atoms with Gasteiger partial charge in [0.2, 0.25) is 12.2 Å². The number of fused-ring (bicyclic) bond motifs is 3. The van der Waals surface area contributed by atoms with Gasteiger partial charge in [-0.25, -0.2) is 4.79 Å². The highest BCUT2D eigenvalue weighted by Gasteiger charge is 2.84. The van der Waals surface area contributed by atoms with Crippen LogP contribution < -0.4 is 14.2 Å². The van der Waals surface area contributed by atoms with Crippen molar-refractivity contribution in [3.8, 4) is 23.3 Å². The summed E-state index contributed by atoms with van der Waals surface area (Å²) >= 11 is 0. The Morgan fingerprint density at radius 3 is 2.38 bits per heavy atom. The van der Waals surface area contributed by atoms with Gasteiger partial charge in [0.25, 0.3) is 0 Å². The molecule has 5 heterocycles. The highest BCUT2D eigenvalue weighted by atomic mass is 16.7. The van der Waals surface area contributed by atoms with Crippen molar-refractivity contribution in [1.82, 2.24) is 0 Å². The predicted molar refractivity (Wildman–Crippen MR) is 227 cm³/mol. The molecule has 12 atom stereocenters. The number of rotatable bonds is 11. The monoisotopic (exact) mass is 870 g/mol. The molecule has 2 saturated heterocycles. The molecule has 5 N–H and O–H groups in total. The minimum absolute atomic E-state index is 0.0166. The molecule has 1 aromatic carbocycles. The molecule has 0 aromatic heterocycles. The fraction of sp³-hybridized carbons (Fsp3) is 0.583. The summed E-state index contributed by atoms with van der Waals surface area (Å²) in [6.45, 7) is 14.6. The van der Waals surface area contributed by atoms with Gasteiger partial charge in [-0.05, 0) is 93.2 Å². The van der Waals surface area contributed by atoms with Crippen molar-refractivity contribution in [1.29, 1.82) is 10.7 Å². The van der Waals surface area contributed by atoms with E-state index in [0.29, 0.717) is 35.3 Å². The van der Waals surface area contributed by atoms with Crippen molar-refractivity contribution >= 4 is 29.5 Å². The Morgan fingerprint density at radius 1 is 1.02 bits per heavy atom. The summed E-state index contributed by atoms with van der Waals surface area (Å²) in [5.41, 5.74) is -1.26. The van der Waals surface area contributed by atoms with E-state index in [0.717, 1.165) is 11.1 Å². The number of benzene rings is 1. The highest BCUT2D eigenvalue weighted by molar-refractivity contribution is 6.03. The molecule has 1 spiro atoms. The van der Waals surface area contributed by atoms with E-state index in [2.05, 4.69) is 12.1 Å². The lowest BCUT2D eigenvalue weighted by atomic mass is 9.44. The number of hydrogen-bond donors (Lipinski definition) is 5. The Labute approximate surface area is 367 Å². The summed E-state index contributed by atoms with van der Waals surface area (Å²) in [5, 5.41) is 63.1. The maximum absolute atomic E-state index is 15.4. The third-order valence-corrected chi connectivity index (χ3v) is 14.1. The van der Waals surface area contributed by atoms with E-state index in [1.165, 1.54) is 7.11 Å². The average molecular weight is 871 g/mol. The molecular formula is C48H58N2O13. The molecular weight excluding hydrogens is 813 g/mol. The summed E-state index contributed by atoms with van der Waals surface area (Å²) < 4.78 is 46.0. The lowest BCUT2D eigenvalue weighted by molar-refractivity contribution is -0.277. The van der Waals surface area contributed by atoms with E-state index in [1.807, 2.05) is 66.7 Å². The maximum Gasteiger partial charge on any atom is 0.333 e. The highest BCUT2D eigenvalue weighted by Crippen LogP contribution is 2.74. The Hall–Kier alpha value is -4.82. The normalized spacial score (nSPS) is 36.4. The first-order valence-electron chi connectivity index (χ1n) is 21.6. The van der Waals surface area contributed by atoms with Gasteiger partial charge < -0.3 is 53.6 Å². The molecule has 3 saturated carbocycles. The number of Topliss-reactive ketones (excluding diaryl/α,β-unsaturated/α-hetero) is 1. The van der Waals surface area contributed by atoms with Crippen LogP contribution in [0, 0.1) is 40.4 Å². The lowest BCUT2D eigenvalue weighted by Crippen LogP contribution is -2.75. The zero-order valence-electron chi connectivity index (χ0n) is 37.2. The van der Waals surface area contributed by atoms with Crippen LogP contribution in [-0.2, 0) is 35.0 Å². The van der Waals surface area contributed by atoms with Gasteiger partial charge in [-0.3, -0.25) is 10.2 Å². The van der Waals surface area contributed by atoms with E-state index in [9.17, 15) is 35.9 Å². The predicted octanol–water partition coefficient (Wildman–Crippen LogP) is 5.17. The van der Waals surface area contributed by atoms with Crippen molar-refractivity contribution < 1.29 is 63.2 Å². The number of esters is 1. The third kappa shape index (κ3) is 6.62. The van der Waals surface area contributed by atoms with Crippen LogP contribution in [0.25, 0.3) is 11.8 Å². The quantitative estimate of drug-likeness (QED) is 0.110. The summed E-state index contributed by atoms with van der Waals surface area (Å²) in [7, 11) is 1.27. The van der Waals surface area contributed by atoms with Crippen molar-refractivity contribution in [2.24, 2.45) is 23.7 Å². The number of ether oxygens (including phenoxy) is 7. The molecule has 0 radical (unpaired) electrons. The van der Waals surface area contributed by atoms with Crippen molar-refractivity contribution in [2.75, 3.05) is 13.7 Å². The number of carbonyl (C=O) groups excluding carboxylic acids is 2. The number of allylic oxidation sites excluding steroid dienone is 4. The molecule has 15 nitrogen and oxygen atoms in total. The Balaban J connectivity index is 1.46. The molecule has 3 aliphatic carbocycles. The minimum atomic E-state index is -1.81. The number of aliphatic hydroxyl groups excluding tert-OH is 4. The van der Waals surface area contributed by atoms with Gasteiger partial charge in [0.15, 0.2) is 17.0 Å². The number of methoxy groups -OCH3 is 1. The summed E-state index contributed by atoms with van der Waals surface area (Å²) in [6, 6.07) is 2.25. The van der Waals surface area contributed by atoms with Crippen LogP contribution in [-0.4, -0.2) is 105 Å². The maximum atomic E-state index is 15.4. The summed E-state index contributed by atoms with van der Waals surface area (Å²) in [4.78, 5) is 28.2. The van der Waals surface area contributed by atoms with Gasteiger partial charge >= 0.3 is 5.97 Å². The molecule has 5 fully saturated rings. The summed E-state index contributed by atoms with van der Waals surface area (Å²) in [6.07, 6.45) is 3.03. The van der Waals surface area contributed by atoms with E-state index < -0.39 is 89.4 Å². The van der Waals surface area contributed by atoms with Gasteiger partial charge in [0.05, 0.1) is 31.0 Å². The first-order valence-corrected chi connectivity index (χ1v) is 21.6. The minimum Gasteiger partial charge on any atom is -0.482 e. The van der Waals surface area contributed by atoms with E-state index in [4.69, 9.17) is 33.2 Å². The SMILES string of the molecule is COC(=O)C(C)=CCC12OC(C)(C)C3CC(C1=O)C1C4=C(OC(=N)C1C#N)c1c(O[C@@H]5O[C@H](CO)[C@@H](O)[C@H](O)[C@H]5O)c5c(c(CC=C(C)C)c1OC432)OC(C)(CCC=C(C)C)C=C5. The number of hydrogen-bond acceptors (Lipinski definition) is 15. The van der Waals surface area contributed by atoms with Crippen molar-refractivity contribution in [3.05, 3.63) is 63.3 Å². The van der Waals surface area contributed by atoms with Gasteiger partial charge in [-0.1, -0.05) is 29.4 Å². The van der Waals surface area contributed by atoms with Crippen LogP contribution in [0.3, 0.4) is 0 Å². The standard InChI is InChI=1S/C48H58N2O13/c1-22(2)11-10-16-46(8)17-15-26-37(61-46)25(13-12-23(3)4)39-32(38(26)60-44-36(54)35(53)34(52)29(21-51)58-44)40-33-31(28(20-49)42(50)59-40)27-19-30-45(6,7)63-47(41(27)55,48(30,33)62-39)18-14-24(5)43(56)57-9/h11-12,14-15,17,27-31,34-36,44,50-54H,10,13,16,18-19,21H2,1-9H3/t27?,28?,29-,30?,31?,34-,35+,36-,44+,46?,47?,48?/m1/s1. The van der Waals surface area contributed by atoms with Crippen molar-refractivity contribution in [2.45, 2.75) is 141 Å². The van der Waals surface area contributed by atoms with Gasteiger partial charge in [-0.15, -0.1) is 0 Å². The molecule has 15 heteroatoms. The lowest BCUT2D eigenvalue weighted by Gasteiger charge is -2.62. The molecule has 9 rings (SSSR count). The first-order chi connectivity index (χ1) is 29.7. The zero-order valence-corrected chi connectivity index (χ0v) is 37.2. The number of aliphatic hydroxyl groups is 4. The fourth-order valence-corrected chi connectivity index (χ4v) is 11.1. The number of nitrogens with zero attached hydrogens (tertiary/aromatic N) is 1. The molecule has 1 aromatic rings. The van der Waals surface area contributed by atoms with Gasteiger partial charge in [-0.2, -0.15) is 5.26 Å². The largest absolute Gasteiger partial charge is 0.482 e. The molecule has 0 amide bonds. The molecule has 338 valence electrons. The second kappa shape index (κ2) is 15.7. The van der Waals surface area contributed by atoms with E-state index in [1.54, 1.807) is 13.0 Å². The smallest absolute Gasteiger partial charge is 0.333 e. The van der Waals surface area contributed by atoms with Crippen LogP contribution in [0.5, 0.6) is 17.2 Å². The second-order valence-corrected chi connectivity index (χ2v) is 19.2. The number of ketones is 1.